The molecule has 1 aromatic carbocycles. The van der Waals surface area contributed by atoms with E-state index >= 15 is 0 Å². The molecule has 0 radical (unpaired) electrons. The van der Waals surface area contributed by atoms with Crippen molar-refractivity contribution in [3.8, 4) is 0 Å². The molecule has 0 spiro atoms. The van der Waals surface area contributed by atoms with Gasteiger partial charge in [-0.3, -0.25) is 9.59 Å². The molecule has 0 unspecified atom stereocenters. The van der Waals surface area contributed by atoms with Crippen molar-refractivity contribution in [1.82, 2.24) is 14.8 Å². The van der Waals surface area contributed by atoms with Crippen LogP contribution < -0.4 is 16.2 Å². The van der Waals surface area contributed by atoms with Crippen molar-refractivity contribution >= 4 is 11.6 Å². The summed E-state index contributed by atoms with van der Waals surface area (Å²) in [5.41, 5.74) is -1.40. The van der Waals surface area contributed by atoms with Crippen molar-refractivity contribution in [3.63, 3.8) is 0 Å². The molecule has 1 aliphatic heterocycles. The third-order valence-corrected chi connectivity index (χ3v) is 7.80. The van der Waals surface area contributed by atoms with E-state index in [0.29, 0.717) is 11.8 Å². The topological polar surface area (TPSA) is 66.4 Å². The van der Waals surface area contributed by atoms with E-state index in [9.17, 15) is 31.5 Å². The first kappa shape index (κ1) is 24.7. The fraction of sp³-hybridized carbons (Fsp3) is 0.520. The van der Waals surface area contributed by atoms with Gasteiger partial charge in [0.05, 0.1) is 22.9 Å². The molecule has 2 heterocycles. The quantitative estimate of drug-likeness (QED) is 0.548. The van der Waals surface area contributed by atoms with Gasteiger partial charge >= 0.3 is 0 Å². The highest BCUT2D eigenvalue weighted by Crippen LogP contribution is 2.58. The molecule has 1 saturated heterocycles. The first-order valence-corrected chi connectivity index (χ1v) is 11.9. The van der Waals surface area contributed by atoms with Crippen LogP contribution in [0.15, 0.2) is 35.3 Å². The van der Waals surface area contributed by atoms with Crippen LogP contribution in [0.3, 0.4) is 0 Å². The Hall–Kier alpha value is -2.95. The molecule has 1 amide bonds. The molecule has 3 aliphatic rings. The predicted octanol–water partition coefficient (Wildman–Crippen LogP) is 4.21. The summed E-state index contributed by atoms with van der Waals surface area (Å²) in [6.45, 7) is 4.49. The number of anilines is 1. The SMILES string of the molecule is C[C@@H](NC(=O)c1cn([C@H]2[C@H](C)C2(F)F)c(=O)cc1N[C@@H]1[C@@H]2CN(C)C[C@@H]21)c1cccc(C(F)F)c1F. The van der Waals surface area contributed by atoms with Gasteiger partial charge in [0.1, 0.15) is 11.9 Å². The summed E-state index contributed by atoms with van der Waals surface area (Å²) in [6, 6.07) is 2.36. The van der Waals surface area contributed by atoms with Crippen LogP contribution in [0.25, 0.3) is 0 Å². The van der Waals surface area contributed by atoms with Crippen molar-refractivity contribution in [2.75, 3.05) is 25.5 Å². The van der Waals surface area contributed by atoms with Gasteiger partial charge in [-0.25, -0.2) is 22.0 Å². The maximum absolute atomic E-state index is 14.6. The maximum atomic E-state index is 14.6. The summed E-state index contributed by atoms with van der Waals surface area (Å²) in [6.07, 6.45) is -1.91. The lowest BCUT2D eigenvalue weighted by Crippen LogP contribution is -2.32. The lowest BCUT2D eigenvalue weighted by atomic mass is 10.0. The van der Waals surface area contributed by atoms with Crippen LogP contribution in [0, 0.1) is 23.6 Å². The normalized spacial score (nSPS) is 29.1. The number of rotatable bonds is 7. The van der Waals surface area contributed by atoms with Crippen molar-refractivity contribution in [2.24, 2.45) is 17.8 Å². The number of halogens is 5. The average Bonchev–Trinajstić information content (AvgIpc) is 3.48. The number of amides is 1. The minimum atomic E-state index is -3.07. The van der Waals surface area contributed by atoms with Gasteiger partial charge in [0, 0.05) is 42.9 Å². The highest BCUT2D eigenvalue weighted by molar-refractivity contribution is 5.99. The average molecular weight is 511 g/mol. The van der Waals surface area contributed by atoms with Gasteiger partial charge in [0.2, 0.25) is 0 Å². The van der Waals surface area contributed by atoms with Crippen molar-refractivity contribution in [1.29, 1.82) is 0 Å². The third-order valence-electron chi connectivity index (χ3n) is 7.80. The van der Waals surface area contributed by atoms with Crippen LogP contribution in [0.4, 0.5) is 27.6 Å². The second-order valence-corrected chi connectivity index (χ2v) is 10.2. The molecule has 2 saturated carbocycles. The van der Waals surface area contributed by atoms with E-state index in [1.807, 2.05) is 7.05 Å². The Labute approximate surface area is 204 Å². The standard InChI is InChI=1S/C25H27F5N4O2/c1-11-22(25(11,29)30)34-10-17(18(7-19(34)35)32-21-15-8-33(3)9-16(15)21)24(36)31-12(2)13-5-4-6-14(20(13)26)23(27)28/h4-7,10-12,15-16,21-23,32H,8-9H2,1-3H3,(H,31,36)/t11-,12+,15-,16+,21-,22-/m0/s1. The zero-order valence-electron chi connectivity index (χ0n) is 19.9. The first-order chi connectivity index (χ1) is 16.9. The number of piperidine rings is 1. The number of hydrogen-bond donors (Lipinski definition) is 2. The zero-order chi connectivity index (χ0) is 26.1. The molecule has 194 valence electrons. The van der Waals surface area contributed by atoms with Gasteiger partial charge in [-0.05, 0) is 25.8 Å². The molecule has 1 aromatic heterocycles. The molecule has 2 N–H and O–H groups in total. The van der Waals surface area contributed by atoms with Gasteiger partial charge in [0.15, 0.2) is 0 Å². The monoisotopic (exact) mass is 510 g/mol. The molecule has 6 atom stereocenters. The fourth-order valence-electron chi connectivity index (χ4n) is 5.51. The number of aromatic nitrogens is 1. The number of fused-ring (bicyclic) bond motifs is 1. The summed E-state index contributed by atoms with van der Waals surface area (Å²) in [5, 5.41) is 5.81. The van der Waals surface area contributed by atoms with Gasteiger partial charge < -0.3 is 20.1 Å². The maximum Gasteiger partial charge on any atom is 0.273 e. The Morgan fingerprint density at radius 3 is 2.36 bits per heavy atom. The number of nitrogens with zero attached hydrogens (tertiary/aromatic N) is 2. The number of carbonyl (C=O) groups excluding carboxylic acids is 1. The highest BCUT2D eigenvalue weighted by atomic mass is 19.3. The van der Waals surface area contributed by atoms with Crippen LogP contribution in [0.5, 0.6) is 0 Å². The molecule has 2 aromatic rings. The van der Waals surface area contributed by atoms with E-state index in [1.165, 1.54) is 26.0 Å². The molecule has 36 heavy (non-hydrogen) atoms. The molecule has 5 rings (SSSR count). The van der Waals surface area contributed by atoms with Crippen molar-refractivity contribution < 1.29 is 26.7 Å². The highest BCUT2D eigenvalue weighted by Gasteiger charge is 2.67. The summed E-state index contributed by atoms with van der Waals surface area (Å²) in [7, 11) is 2.00. The Bertz CT molecular complexity index is 1250. The van der Waals surface area contributed by atoms with Crippen molar-refractivity contribution in [3.05, 3.63) is 63.3 Å². The second-order valence-electron chi connectivity index (χ2n) is 10.2. The van der Waals surface area contributed by atoms with Crippen LogP contribution in [-0.4, -0.2) is 47.5 Å². The number of hydrogen-bond acceptors (Lipinski definition) is 4. The first-order valence-electron chi connectivity index (χ1n) is 11.9. The van der Waals surface area contributed by atoms with E-state index in [2.05, 4.69) is 15.5 Å². The summed E-state index contributed by atoms with van der Waals surface area (Å²) >= 11 is 0. The van der Waals surface area contributed by atoms with Gasteiger partial charge in [-0.2, -0.15) is 0 Å². The lowest BCUT2D eigenvalue weighted by molar-refractivity contribution is 0.0868. The molecule has 11 heteroatoms. The largest absolute Gasteiger partial charge is 0.381 e. The minimum Gasteiger partial charge on any atom is -0.381 e. The molecular weight excluding hydrogens is 483 g/mol. The van der Waals surface area contributed by atoms with E-state index in [-0.39, 0.29) is 22.9 Å². The van der Waals surface area contributed by atoms with E-state index < -0.39 is 53.2 Å². The van der Waals surface area contributed by atoms with Crippen molar-refractivity contribution in [2.45, 2.75) is 44.3 Å². The number of benzene rings is 1. The number of alkyl halides is 4. The molecule has 3 fully saturated rings. The zero-order valence-corrected chi connectivity index (χ0v) is 19.9. The van der Waals surface area contributed by atoms with Gasteiger partial charge in [-0.15, -0.1) is 0 Å². The molecule has 2 aliphatic carbocycles. The lowest BCUT2D eigenvalue weighted by Gasteiger charge is -2.20. The molecule has 0 bridgehead atoms. The Morgan fingerprint density at radius 2 is 1.78 bits per heavy atom. The minimum absolute atomic E-state index is 0.0416. The summed E-state index contributed by atoms with van der Waals surface area (Å²) in [5.74, 6) is -5.28. The van der Waals surface area contributed by atoms with Crippen LogP contribution >= 0.6 is 0 Å². The molecular formula is C25H27F5N4O2. The Morgan fingerprint density at radius 1 is 1.17 bits per heavy atom. The summed E-state index contributed by atoms with van der Waals surface area (Å²) < 4.78 is 69.9. The Balaban J connectivity index is 1.44. The van der Waals surface area contributed by atoms with Gasteiger partial charge in [-0.1, -0.05) is 25.1 Å². The van der Waals surface area contributed by atoms with Crippen LogP contribution in [0.2, 0.25) is 0 Å². The van der Waals surface area contributed by atoms with E-state index in [4.69, 9.17) is 0 Å². The van der Waals surface area contributed by atoms with Crippen LogP contribution in [0.1, 0.15) is 53.8 Å². The van der Waals surface area contributed by atoms with E-state index in [0.717, 1.165) is 36.0 Å². The van der Waals surface area contributed by atoms with E-state index in [1.54, 1.807) is 0 Å². The number of pyridine rings is 1. The van der Waals surface area contributed by atoms with Crippen LogP contribution in [-0.2, 0) is 0 Å². The Kier molecular flexibility index (Phi) is 5.89. The fourth-order valence-corrected chi connectivity index (χ4v) is 5.51. The predicted molar refractivity (Wildman–Crippen MR) is 123 cm³/mol. The number of carbonyl (C=O) groups is 1. The third kappa shape index (κ3) is 4.07. The number of likely N-dealkylation sites (tertiary alicyclic amines) is 1. The smallest absolute Gasteiger partial charge is 0.273 e. The second kappa shape index (κ2) is 8.57. The molecule has 6 nitrogen and oxygen atoms in total. The number of nitrogens with one attached hydrogen (secondary N) is 2. The summed E-state index contributed by atoms with van der Waals surface area (Å²) in [4.78, 5) is 28.2. The van der Waals surface area contributed by atoms with Gasteiger partial charge in [0.25, 0.3) is 23.8 Å².